The minimum absolute atomic E-state index is 0.211. The Kier molecular flexibility index (Phi) is 3.92. The highest BCUT2D eigenvalue weighted by atomic mass is 16.5. The third-order valence-corrected chi connectivity index (χ3v) is 4.10. The van der Waals surface area contributed by atoms with Gasteiger partial charge < -0.3 is 15.4 Å². The second-order valence-corrected chi connectivity index (χ2v) is 7.08. The molecule has 1 aliphatic heterocycles. The molecule has 0 spiro atoms. The van der Waals surface area contributed by atoms with Crippen LogP contribution in [0.15, 0.2) is 30.8 Å². The SMILES string of the molecule is C=C(OC(C)(C)C)N1CCC(c2cc(N)n3nccc3n2)CC1. The van der Waals surface area contributed by atoms with Gasteiger partial charge in [-0.05, 0) is 40.2 Å². The molecule has 0 amide bonds. The predicted octanol–water partition coefficient (Wildman–Crippen LogP) is 2.78. The molecule has 0 atom stereocenters. The van der Waals surface area contributed by atoms with E-state index in [-0.39, 0.29) is 5.60 Å². The molecular weight excluding hydrogens is 290 g/mol. The molecule has 0 unspecified atom stereocenters. The van der Waals surface area contributed by atoms with Crippen LogP contribution >= 0.6 is 0 Å². The maximum absolute atomic E-state index is 6.07. The molecule has 6 heteroatoms. The number of anilines is 1. The minimum atomic E-state index is -0.211. The van der Waals surface area contributed by atoms with Crippen LogP contribution in [0.3, 0.4) is 0 Å². The average Bonchev–Trinajstić information content (AvgIpc) is 2.94. The highest BCUT2D eigenvalue weighted by molar-refractivity contribution is 5.47. The second kappa shape index (κ2) is 5.76. The van der Waals surface area contributed by atoms with Gasteiger partial charge in [-0.2, -0.15) is 9.61 Å². The number of likely N-dealkylation sites (tertiary alicyclic amines) is 1. The van der Waals surface area contributed by atoms with Crippen molar-refractivity contribution >= 4 is 11.5 Å². The van der Waals surface area contributed by atoms with Gasteiger partial charge in [0.25, 0.3) is 0 Å². The molecule has 1 aliphatic rings. The van der Waals surface area contributed by atoms with Crippen LogP contribution in [0.1, 0.15) is 45.2 Å². The minimum Gasteiger partial charge on any atom is -0.474 e. The van der Waals surface area contributed by atoms with Crippen molar-refractivity contribution in [3.8, 4) is 0 Å². The van der Waals surface area contributed by atoms with Crippen LogP contribution in [0.25, 0.3) is 5.65 Å². The Morgan fingerprint density at radius 3 is 2.70 bits per heavy atom. The first-order valence-electron chi connectivity index (χ1n) is 8.06. The number of ether oxygens (including phenoxy) is 1. The van der Waals surface area contributed by atoms with Crippen molar-refractivity contribution in [3.63, 3.8) is 0 Å². The third kappa shape index (κ3) is 3.41. The summed E-state index contributed by atoms with van der Waals surface area (Å²) in [4.78, 5) is 6.91. The zero-order chi connectivity index (χ0) is 16.6. The zero-order valence-corrected chi connectivity index (χ0v) is 14.1. The van der Waals surface area contributed by atoms with Gasteiger partial charge in [-0.1, -0.05) is 0 Å². The molecule has 2 N–H and O–H groups in total. The lowest BCUT2D eigenvalue weighted by molar-refractivity contribution is -0.00302. The first-order valence-corrected chi connectivity index (χ1v) is 8.06. The summed E-state index contributed by atoms with van der Waals surface area (Å²) in [5.41, 5.74) is 7.72. The van der Waals surface area contributed by atoms with E-state index in [9.17, 15) is 0 Å². The Labute approximate surface area is 136 Å². The third-order valence-electron chi connectivity index (χ3n) is 4.10. The van der Waals surface area contributed by atoms with Gasteiger partial charge in [-0.3, -0.25) is 0 Å². The van der Waals surface area contributed by atoms with Gasteiger partial charge in [0, 0.05) is 36.8 Å². The number of nitrogen functional groups attached to an aromatic ring is 1. The van der Waals surface area contributed by atoms with Gasteiger partial charge in [0.1, 0.15) is 11.4 Å². The van der Waals surface area contributed by atoms with Crippen LogP contribution < -0.4 is 5.73 Å². The number of hydrogen-bond donors (Lipinski definition) is 1. The summed E-state index contributed by atoms with van der Waals surface area (Å²) in [6, 6.07) is 3.83. The standard InChI is InChI=1S/C17H25N5O/c1-12(23-17(2,3)4)21-9-6-13(7-10-21)14-11-15(18)22-16(20-14)5-8-19-22/h5,8,11,13H,1,6-7,9-10,18H2,2-4H3. The normalized spacial score (nSPS) is 16.7. The molecular formula is C17H25N5O. The molecule has 0 bridgehead atoms. The highest BCUT2D eigenvalue weighted by Crippen LogP contribution is 2.30. The Morgan fingerprint density at radius 1 is 1.35 bits per heavy atom. The summed E-state index contributed by atoms with van der Waals surface area (Å²) < 4.78 is 7.53. The van der Waals surface area contributed by atoms with Crippen LogP contribution in [0.2, 0.25) is 0 Å². The van der Waals surface area contributed by atoms with Crippen molar-refractivity contribution in [1.29, 1.82) is 0 Å². The number of fused-ring (bicyclic) bond motifs is 1. The van der Waals surface area contributed by atoms with Crippen molar-refractivity contribution in [3.05, 3.63) is 36.5 Å². The quantitative estimate of drug-likeness (QED) is 0.882. The molecule has 0 aliphatic carbocycles. The zero-order valence-electron chi connectivity index (χ0n) is 14.1. The van der Waals surface area contributed by atoms with E-state index in [0.717, 1.165) is 43.2 Å². The molecule has 3 heterocycles. The van der Waals surface area contributed by atoms with Gasteiger partial charge >= 0.3 is 0 Å². The van der Waals surface area contributed by atoms with Crippen LogP contribution in [0.5, 0.6) is 0 Å². The van der Waals surface area contributed by atoms with Crippen LogP contribution in [0, 0.1) is 0 Å². The largest absolute Gasteiger partial charge is 0.474 e. The summed E-state index contributed by atoms with van der Waals surface area (Å²) in [7, 11) is 0. The molecule has 0 radical (unpaired) electrons. The van der Waals surface area contributed by atoms with Crippen molar-refractivity contribution in [2.75, 3.05) is 18.8 Å². The molecule has 1 saturated heterocycles. The predicted molar refractivity (Wildman–Crippen MR) is 90.9 cm³/mol. The molecule has 0 saturated carbocycles. The van der Waals surface area contributed by atoms with Gasteiger partial charge in [0.05, 0.1) is 6.20 Å². The van der Waals surface area contributed by atoms with Crippen molar-refractivity contribution < 1.29 is 4.74 Å². The number of rotatable bonds is 3. The summed E-state index contributed by atoms with van der Waals surface area (Å²) >= 11 is 0. The van der Waals surface area contributed by atoms with E-state index in [0.29, 0.717) is 11.7 Å². The molecule has 3 rings (SSSR count). The Morgan fingerprint density at radius 2 is 2.04 bits per heavy atom. The lowest BCUT2D eigenvalue weighted by Gasteiger charge is -2.36. The maximum Gasteiger partial charge on any atom is 0.182 e. The summed E-state index contributed by atoms with van der Waals surface area (Å²) in [6.07, 6.45) is 3.76. The van der Waals surface area contributed by atoms with E-state index in [2.05, 4.69) is 16.6 Å². The Bertz CT molecular complexity index is 707. The summed E-state index contributed by atoms with van der Waals surface area (Å²) in [6.45, 7) is 12.0. The number of piperidine rings is 1. The molecule has 2 aromatic rings. The van der Waals surface area contributed by atoms with Crippen molar-refractivity contribution in [2.45, 2.75) is 45.1 Å². The fourth-order valence-corrected chi connectivity index (χ4v) is 3.01. The highest BCUT2D eigenvalue weighted by Gasteiger charge is 2.25. The van der Waals surface area contributed by atoms with Gasteiger partial charge in [-0.15, -0.1) is 0 Å². The lowest BCUT2D eigenvalue weighted by Crippen LogP contribution is -2.35. The van der Waals surface area contributed by atoms with Gasteiger partial charge in [-0.25, -0.2) is 4.98 Å². The number of nitrogens with two attached hydrogens (primary N) is 1. The maximum atomic E-state index is 6.07. The van der Waals surface area contributed by atoms with Crippen LogP contribution in [-0.4, -0.2) is 38.2 Å². The first-order chi connectivity index (χ1) is 10.8. The van der Waals surface area contributed by atoms with Gasteiger partial charge in [0.15, 0.2) is 11.5 Å². The summed E-state index contributed by atoms with van der Waals surface area (Å²) in [5.74, 6) is 1.81. The Balaban J connectivity index is 1.67. The molecule has 23 heavy (non-hydrogen) atoms. The van der Waals surface area contributed by atoms with Gasteiger partial charge in [0.2, 0.25) is 0 Å². The van der Waals surface area contributed by atoms with Crippen molar-refractivity contribution in [1.82, 2.24) is 19.5 Å². The van der Waals surface area contributed by atoms with E-state index in [1.165, 1.54) is 0 Å². The molecule has 0 aromatic carbocycles. The van der Waals surface area contributed by atoms with E-state index in [4.69, 9.17) is 15.5 Å². The Hall–Kier alpha value is -2.24. The van der Waals surface area contributed by atoms with E-state index in [1.807, 2.05) is 32.9 Å². The lowest BCUT2D eigenvalue weighted by atomic mass is 9.93. The number of hydrogen-bond acceptors (Lipinski definition) is 5. The van der Waals surface area contributed by atoms with E-state index < -0.39 is 0 Å². The fraction of sp³-hybridized carbons (Fsp3) is 0.529. The van der Waals surface area contributed by atoms with Crippen LogP contribution in [0.4, 0.5) is 5.82 Å². The first kappa shape index (κ1) is 15.6. The number of aromatic nitrogens is 3. The molecule has 6 nitrogen and oxygen atoms in total. The molecule has 124 valence electrons. The molecule has 2 aromatic heterocycles. The second-order valence-electron chi connectivity index (χ2n) is 7.08. The summed E-state index contributed by atoms with van der Waals surface area (Å²) in [5, 5.41) is 4.17. The monoisotopic (exact) mass is 315 g/mol. The van der Waals surface area contributed by atoms with E-state index >= 15 is 0 Å². The average molecular weight is 315 g/mol. The van der Waals surface area contributed by atoms with Crippen molar-refractivity contribution in [2.24, 2.45) is 0 Å². The topological polar surface area (TPSA) is 68.7 Å². The van der Waals surface area contributed by atoms with Crippen LogP contribution in [-0.2, 0) is 4.74 Å². The number of nitrogens with zero attached hydrogens (tertiary/aromatic N) is 4. The smallest absolute Gasteiger partial charge is 0.182 e. The van der Waals surface area contributed by atoms with E-state index in [1.54, 1.807) is 10.7 Å². The molecule has 1 fully saturated rings. The fourth-order valence-electron chi connectivity index (χ4n) is 3.01.